The normalized spacial score (nSPS) is 10.2. The van der Waals surface area contributed by atoms with Gasteiger partial charge in [-0.15, -0.1) is 0 Å². The summed E-state index contributed by atoms with van der Waals surface area (Å²) in [5, 5.41) is 19.8. The number of hydrogen-bond acceptors (Lipinski definition) is 4. The van der Waals surface area contributed by atoms with Gasteiger partial charge in [-0.25, -0.2) is 4.79 Å². The van der Waals surface area contributed by atoms with Gasteiger partial charge in [-0.1, -0.05) is 18.2 Å². The molecule has 0 saturated carbocycles. The van der Waals surface area contributed by atoms with Gasteiger partial charge < -0.3 is 9.67 Å². The van der Waals surface area contributed by atoms with Crippen LogP contribution in [0.2, 0.25) is 0 Å². The van der Waals surface area contributed by atoms with Gasteiger partial charge in [0, 0.05) is 18.8 Å². The average Bonchev–Trinajstić information content (AvgIpc) is 2.41. The van der Waals surface area contributed by atoms with Crippen LogP contribution < -0.4 is 5.43 Å². The lowest BCUT2D eigenvalue weighted by Crippen LogP contribution is -2.12. The molecule has 0 bridgehead atoms. The quantitative estimate of drug-likeness (QED) is 0.672. The molecule has 2 rings (SSSR count). The Hall–Kier alpha value is -2.96. The number of nitrogens with zero attached hydrogens (tertiary/aromatic N) is 2. The van der Waals surface area contributed by atoms with Gasteiger partial charge >= 0.3 is 11.7 Å². The van der Waals surface area contributed by atoms with E-state index in [2.05, 4.69) is 0 Å². The Bertz CT molecular complexity index is 736. The fourth-order valence-electron chi connectivity index (χ4n) is 1.81. The van der Waals surface area contributed by atoms with Crippen molar-refractivity contribution in [2.75, 3.05) is 0 Å². The largest absolute Gasteiger partial charge is 0.478 e. The van der Waals surface area contributed by atoms with Gasteiger partial charge in [-0.2, -0.15) is 0 Å². The highest BCUT2D eigenvalue weighted by Gasteiger charge is 2.13. The second kappa shape index (κ2) is 5.35. The maximum atomic E-state index is 11.3. The molecule has 1 N–H and O–H groups in total. The highest BCUT2D eigenvalue weighted by molar-refractivity contribution is 5.89. The Morgan fingerprint density at radius 2 is 2.00 bits per heavy atom. The second-order valence-electron chi connectivity index (χ2n) is 4.09. The first-order chi connectivity index (χ1) is 9.49. The first-order valence-electron chi connectivity index (χ1n) is 5.64. The van der Waals surface area contributed by atoms with E-state index in [0.29, 0.717) is 5.56 Å². The van der Waals surface area contributed by atoms with Gasteiger partial charge in [0.05, 0.1) is 16.7 Å². The summed E-state index contributed by atoms with van der Waals surface area (Å²) in [7, 11) is 0. The summed E-state index contributed by atoms with van der Waals surface area (Å²) < 4.78 is 1.40. The third-order valence-electron chi connectivity index (χ3n) is 2.76. The van der Waals surface area contributed by atoms with Crippen LogP contribution in [0.4, 0.5) is 5.69 Å². The van der Waals surface area contributed by atoms with Crippen molar-refractivity contribution in [3.8, 4) is 0 Å². The molecule has 1 aromatic carbocycles. The lowest BCUT2D eigenvalue weighted by atomic mass is 10.1. The van der Waals surface area contributed by atoms with E-state index in [1.165, 1.54) is 16.8 Å². The van der Waals surface area contributed by atoms with E-state index in [4.69, 9.17) is 5.11 Å². The molecular formula is C13H10N2O5. The summed E-state index contributed by atoms with van der Waals surface area (Å²) in [5.74, 6) is -1.07. The lowest BCUT2D eigenvalue weighted by Gasteiger charge is -2.08. The molecule has 0 fully saturated rings. The highest BCUT2D eigenvalue weighted by atomic mass is 16.6. The topological polar surface area (TPSA) is 102 Å². The van der Waals surface area contributed by atoms with E-state index < -0.39 is 22.0 Å². The smallest absolute Gasteiger partial charge is 0.336 e. The first kappa shape index (κ1) is 13.5. The molecule has 2 aromatic rings. The van der Waals surface area contributed by atoms with Crippen molar-refractivity contribution in [3.63, 3.8) is 0 Å². The van der Waals surface area contributed by atoms with E-state index in [1.807, 2.05) is 0 Å². The zero-order valence-corrected chi connectivity index (χ0v) is 10.2. The van der Waals surface area contributed by atoms with Crippen molar-refractivity contribution in [2.24, 2.45) is 0 Å². The minimum absolute atomic E-state index is 0.119. The van der Waals surface area contributed by atoms with Gasteiger partial charge in [0.2, 0.25) is 0 Å². The van der Waals surface area contributed by atoms with Crippen LogP contribution in [0, 0.1) is 10.1 Å². The molecule has 0 unspecified atom stereocenters. The lowest BCUT2D eigenvalue weighted by molar-refractivity contribution is -0.386. The average molecular weight is 274 g/mol. The van der Waals surface area contributed by atoms with E-state index in [9.17, 15) is 19.7 Å². The summed E-state index contributed by atoms with van der Waals surface area (Å²) in [6.07, 6.45) is 2.48. The number of carboxylic acids is 1. The van der Waals surface area contributed by atoms with Gasteiger partial charge in [0.1, 0.15) is 0 Å². The third kappa shape index (κ3) is 2.72. The van der Waals surface area contributed by atoms with Crippen molar-refractivity contribution in [2.45, 2.75) is 6.54 Å². The molecular weight excluding hydrogens is 264 g/mol. The van der Waals surface area contributed by atoms with Crippen LogP contribution in [0.25, 0.3) is 0 Å². The van der Waals surface area contributed by atoms with E-state index in [1.54, 1.807) is 18.2 Å². The summed E-state index contributed by atoms with van der Waals surface area (Å²) in [6.45, 7) is 0.129. The zero-order valence-electron chi connectivity index (χ0n) is 10.2. The number of benzene rings is 1. The van der Waals surface area contributed by atoms with Crippen molar-refractivity contribution < 1.29 is 14.8 Å². The maximum Gasteiger partial charge on any atom is 0.336 e. The molecule has 7 nitrogen and oxygen atoms in total. The molecule has 0 aliphatic rings. The van der Waals surface area contributed by atoms with Crippen LogP contribution in [0.1, 0.15) is 15.9 Å². The Kier molecular flexibility index (Phi) is 3.60. The number of aromatic nitrogens is 1. The van der Waals surface area contributed by atoms with Crippen LogP contribution >= 0.6 is 0 Å². The standard InChI is InChI=1S/C13H10N2O5/c16-12-5-6-14(8-11(12)15(19)20)7-9-3-1-2-4-10(9)13(17)18/h1-6,8H,7H2,(H,17,18). The van der Waals surface area contributed by atoms with Crippen LogP contribution in [-0.2, 0) is 6.54 Å². The Labute approximate surface area is 112 Å². The summed E-state index contributed by atoms with van der Waals surface area (Å²) in [5.41, 5.74) is -0.607. The molecule has 1 heterocycles. The minimum Gasteiger partial charge on any atom is -0.478 e. The molecule has 102 valence electrons. The molecule has 1 aromatic heterocycles. The van der Waals surface area contributed by atoms with Gasteiger partial charge in [0.25, 0.3) is 5.43 Å². The first-order valence-corrected chi connectivity index (χ1v) is 5.64. The van der Waals surface area contributed by atoms with Crippen LogP contribution in [0.5, 0.6) is 0 Å². The van der Waals surface area contributed by atoms with Crippen LogP contribution in [0.15, 0.2) is 47.5 Å². The number of rotatable bonds is 4. The number of hydrogen-bond donors (Lipinski definition) is 1. The molecule has 0 amide bonds. The molecule has 0 aliphatic carbocycles. The molecule has 0 aliphatic heterocycles. The predicted octanol–water partition coefficient (Wildman–Crippen LogP) is 1.50. The molecule has 7 heteroatoms. The number of pyridine rings is 1. The Morgan fingerprint density at radius 3 is 2.65 bits per heavy atom. The number of aromatic carboxylic acids is 1. The Morgan fingerprint density at radius 1 is 1.30 bits per heavy atom. The van der Waals surface area contributed by atoms with Crippen molar-refractivity contribution >= 4 is 11.7 Å². The Balaban J connectivity index is 2.41. The predicted molar refractivity (Wildman–Crippen MR) is 69.9 cm³/mol. The minimum atomic E-state index is -1.07. The summed E-state index contributed by atoms with van der Waals surface area (Å²) >= 11 is 0. The zero-order chi connectivity index (χ0) is 14.7. The van der Waals surface area contributed by atoms with Gasteiger partial charge in [-0.05, 0) is 11.6 Å². The molecule has 20 heavy (non-hydrogen) atoms. The molecule has 0 radical (unpaired) electrons. The van der Waals surface area contributed by atoms with Crippen molar-refractivity contribution in [3.05, 3.63) is 74.2 Å². The van der Waals surface area contributed by atoms with Crippen molar-refractivity contribution in [1.29, 1.82) is 0 Å². The van der Waals surface area contributed by atoms with Gasteiger partial charge in [-0.3, -0.25) is 14.9 Å². The number of carbonyl (C=O) groups is 1. The summed E-state index contributed by atoms with van der Waals surface area (Å²) in [6, 6.07) is 7.43. The van der Waals surface area contributed by atoms with E-state index in [0.717, 1.165) is 12.3 Å². The van der Waals surface area contributed by atoms with E-state index in [-0.39, 0.29) is 12.1 Å². The summed E-state index contributed by atoms with van der Waals surface area (Å²) in [4.78, 5) is 32.3. The van der Waals surface area contributed by atoms with Gasteiger partial charge in [0.15, 0.2) is 0 Å². The second-order valence-corrected chi connectivity index (χ2v) is 4.09. The third-order valence-corrected chi connectivity index (χ3v) is 2.76. The van der Waals surface area contributed by atoms with Crippen LogP contribution in [0.3, 0.4) is 0 Å². The van der Waals surface area contributed by atoms with Crippen molar-refractivity contribution in [1.82, 2.24) is 4.57 Å². The monoisotopic (exact) mass is 274 g/mol. The fourth-order valence-corrected chi connectivity index (χ4v) is 1.81. The number of nitro groups is 1. The fraction of sp³-hybridized carbons (Fsp3) is 0.0769. The maximum absolute atomic E-state index is 11.3. The van der Waals surface area contributed by atoms with E-state index >= 15 is 0 Å². The number of carboxylic acid groups (broad SMARTS) is 1. The highest BCUT2D eigenvalue weighted by Crippen LogP contribution is 2.12. The molecule has 0 spiro atoms. The SMILES string of the molecule is O=C(O)c1ccccc1Cn1ccc(=O)c([N+](=O)[O-])c1. The molecule has 0 saturated heterocycles. The van der Waals surface area contributed by atoms with Crippen LogP contribution in [-0.4, -0.2) is 20.6 Å². The molecule has 0 atom stereocenters.